The number of primary amides is 1. The minimum Gasteiger partial charge on any atom is -0.366 e. The van der Waals surface area contributed by atoms with Gasteiger partial charge >= 0.3 is 0 Å². The van der Waals surface area contributed by atoms with Gasteiger partial charge in [-0.1, -0.05) is 12.1 Å². The average molecular weight is 355 g/mol. The van der Waals surface area contributed by atoms with Crippen LogP contribution in [0.5, 0.6) is 0 Å². The summed E-state index contributed by atoms with van der Waals surface area (Å²) >= 11 is 1.51. The van der Waals surface area contributed by atoms with E-state index in [1.165, 1.54) is 11.8 Å². The largest absolute Gasteiger partial charge is 0.366 e. The van der Waals surface area contributed by atoms with Gasteiger partial charge in [0.1, 0.15) is 0 Å². The number of para-hydroxylation sites is 1. The van der Waals surface area contributed by atoms with Gasteiger partial charge in [-0.2, -0.15) is 0 Å². The van der Waals surface area contributed by atoms with Gasteiger partial charge in [0.15, 0.2) is 0 Å². The summed E-state index contributed by atoms with van der Waals surface area (Å²) < 4.78 is 0. The van der Waals surface area contributed by atoms with Crippen LogP contribution in [0.3, 0.4) is 0 Å². The second-order valence-corrected chi connectivity index (χ2v) is 6.56. The molecule has 3 N–H and O–H groups in total. The summed E-state index contributed by atoms with van der Waals surface area (Å²) in [7, 11) is 0. The molecule has 0 atom stereocenters. The number of fused-ring (bicyclic) bond motifs is 1. The Morgan fingerprint density at radius 3 is 2.56 bits per heavy atom. The number of amides is 3. The Hall–Kier alpha value is -2.80. The zero-order chi connectivity index (χ0) is 17.8. The number of thioether (sulfide) groups is 1. The molecule has 0 bridgehead atoms. The Kier molecular flexibility index (Phi) is 5.04. The van der Waals surface area contributed by atoms with Gasteiger partial charge in [0, 0.05) is 29.1 Å². The zero-order valence-corrected chi connectivity index (χ0v) is 14.2. The molecule has 0 saturated heterocycles. The van der Waals surface area contributed by atoms with Crippen molar-refractivity contribution in [2.45, 2.75) is 11.3 Å². The molecule has 1 aliphatic rings. The number of nitrogens with zero attached hydrogens (tertiary/aromatic N) is 1. The summed E-state index contributed by atoms with van der Waals surface area (Å²) in [5, 5.41) is 2.75. The number of hydrogen-bond acceptors (Lipinski definition) is 4. The number of rotatable bonds is 5. The lowest BCUT2D eigenvalue weighted by Crippen LogP contribution is -2.37. The monoisotopic (exact) mass is 355 g/mol. The smallest absolute Gasteiger partial charge is 0.248 e. The molecule has 7 heteroatoms. The second-order valence-electron chi connectivity index (χ2n) is 5.54. The third-order valence-electron chi connectivity index (χ3n) is 3.82. The number of carbonyl (C=O) groups excluding carboxylic acids is 3. The molecule has 1 aliphatic heterocycles. The van der Waals surface area contributed by atoms with E-state index in [1.807, 2.05) is 24.3 Å². The Balaban J connectivity index is 1.60. The van der Waals surface area contributed by atoms with Crippen molar-refractivity contribution < 1.29 is 14.4 Å². The highest BCUT2D eigenvalue weighted by Gasteiger charge is 2.24. The lowest BCUT2D eigenvalue weighted by atomic mass is 10.2. The van der Waals surface area contributed by atoms with Crippen molar-refractivity contribution >= 4 is 40.9 Å². The summed E-state index contributed by atoms with van der Waals surface area (Å²) in [4.78, 5) is 38.0. The molecule has 0 saturated carbocycles. The van der Waals surface area contributed by atoms with Crippen LogP contribution < -0.4 is 16.0 Å². The maximum absolute atomic E-state index is 12.2. The second kappa shape index (κ2) is 7.40. The molecule has 6 nitrogen and oxygen atoms in total. The fourth-order valence-electron chi connectivity index (χ4n) is 2.55. The van der Waals surface area contributed by atoms with Crippen molar-refractivity contribution in [1.29, 1.82) is 0 Å². The van der Waals surface area contributed by atoms with E-state index in [1.54, 1.807) is 29.2 Å². The maximum Gasteiger partial charge on any atom is 0.248 e. The molecule has 3 rings (SSSR count). The molecule has 0 fully saturated rings. The molecule has 0 aromatic heterocycles. The third kappa shape index (κ3) is 4.00. The van der Waals surface area contributed by atoms with Crippen LogP contribution in [0.15, 0.2) is 53.4 Å². The van der Waals surface area contributed by atoms with Gasteiger partial charge in [-0.05, 0) is 36.4 Å². The number of carbonyl (C=O) groups is 3. The highest BCUT2D eigenvalue weighted by atomic mass is 32.2. The summed E-state index contributed by atoms with van der Waals surface area (Å²) in [6.45, 7) is 0.321. The highest BCUT2D eigenvalue weighted by Crippen LogP contribution is 2.34. The molecular weight excluding hydrogens is 338 g/mol. The van der Waals surface area contributed by atoms with E-state index >= 15 is 0 Å². The first-order chi connectivity index (χ1) is 12.0. The molecule has 0 unspecified atom stereocenters. The van der Waals surface area contributed by atoms with Crippen molar-refractivity contribution in [3.05, 3.63) is 54.1 Å². The minimum atomic E-state index is -0.516. The van der Waals surface area contributed by atoms with Crippen LogP contribution in [0.2, 0.25) is 0 Å². The molecule has 2 aromatic rings. The molecular formula is C18H17N3O3S. The minimum absolute atomic E-state index is 0.00214. The number of benzene rings is 2. The van der Waals surface area contributed by atoms with E-state index in [4.69, 9.17) is 5.73 Å². The van der Waals surface area contributed by atoms with Crippen LogP contribution in [-0.4, -0.2) is 30.0 Å². The SMILES string of the molecule is NC(=O)c1ccc(NC(=O)CCN2C(=O)CSc3ccccc32)cc1. The molecule has 25 heavy (non-hydrogen) atoms. The zero-order valence-electron chi connectivity index (χ0n) is 13.4. The Morgan fingerprint density at radius 1 is 1.12 bits per heavy atom. The fraction of sp³-hybridized carbons (Fsp3) is 0.167. The number of hydrogen-bond donors (Lipinski definition) is 2. The summed E-state index contributed by atoms with van der Waals surface area (Å²) in [5.74, 6) is -0.330. The first-order valence-electron chi connectivity index (χ1n) is 7.76. The van der Waals surface area contributed by atoms with Gasteiger partial charge in [0.25, 0.3) is 0 Å². The van der Waals surface area contributed by atoms with E-state index < -0.39 is 5.91 Å². The normalized spacial score (nSPS) is 13.3. The number of nitrogens with two attached hydrogens (primary N) is 1. The average Bonchev–Trinajstić information content (AvgIpc) is 2.61. The number of anilines is 2. The van der Waals surface area contributed by atoms with E-state index in [9.17, 15) is 14.4 Å². The van der Waals surface area contributed by atoms with Crippen molar-refractivity contribution in [1.82, 2.24) is 0 Å². The van der Waals surface area contributed by atoms with Crippen LogP contribution in [0.25, 0.3) is 0 Å². The van der Waals surface area contributed by atoms with Gasteiger partial charge in [0.05, 0.1) is 11.4 Å². The predicted octanol–water partition coefficient (Wildman–Crippen LogP) is 2.25. The first kappa shape index (κ1) is 17.0. The van der Waals surface area contributed by atoms with E-state index in [0.717, 1.165) is 10.6 Å². The maximum atomic E-state index is 12.2. The molecule has 128 valence electrons. The van der Waals surface area contributed by atoms with Crippen LogP contribution in [0, 0.1) is 0 Å². The molecule has 0 aliphatic carbocycles. The van der Waals surface area contributed by atoms with Gasteiger partial charge < -0.3 is 16.0 Å². The van der Waals surface area contributed by atoms with Gasteiger partial charge in [0.2, 0.25) is 17.7 Å². The quantitative estimate of drug-likeness (QED) is 0.860. The Bertz CT molecular complexity index is 821. The van der Waals surface area contributed by atoms with Crippen LogP contribution in [0.4, 0.5) is 11.4 Å². The van der Waals surface area contributed by atoms with Crippen molar-refractivity contribution in [3.63, 3.8) is 0 Å². The predicted molar refractivity (Wildman–Crippen MR) is 97.7 cm³/mol. The molecule has 2 aromatic carbocycles. The van der Waals surface area contributed by atoms with Crippen LogP contribution >= 0.6 is 11.8 Å². The van der Waals surface area contributed by atoms with Crippen LogP contribution in [-0.2, 0) is 9.59 Å². The van der Waals surface area contributed by atoms with Gasteiger partial charge in [-0.3, -0.25) is 14.4 Å². The molecule has 3 amide bonds. The topological polar surface area (TPSA) is 92.5 Å². The first-order valence-corrected chi connectivity index (χ1v) is 8.75. The van der Waals surface area contributed by atoms with Crippen molar-refractivity contribution in [3.8, 4) is 0 Å². The third-order valence-corrected chi connectivity index (χ3v) is 4.87. The Morgan fingerprint density at radius 2 is 1.84 bits per heavy atom. The van der Waals surface area contributed by atoms with E-state index in [2.05, 4.69) is 5.32 Å². The number of nitrogens with one attached hydrogen (secondary N) is 1. The summed E-state index contributed by atoms with van der Waals surface area (Å²) in [5.41, 5.74) is 6.99. The van der Waals surface area contributed by atoms with E-state index in [0.29, 0.717) is 23.5 Å². The summed E-state index contributed by atoms with van der Waals surface area (Å²) in [6.07, 6.45) is 0.183. The van der Waals surface area contributed by atoms with E-state index in [-0.39, 0.29) is 18.2 Å². The van der Waals surface area contributed by atoms with Gasteiger partial charge in [-0.25, -0.2) is 0 Å². The van der Waals surface area contributed by atoms with Crippen molar-refractivity contribution in [2.24, 2.45) is 5.73 Å². The Labute approximate surface area is 149 Å². The molecule has 0 radical (unpaired) electrons. The lowest BCUT2D eigenvalue weighted by molar-refractivity contribution is -0.117. The van der Waals surface area contributed by atoms with Crippen LogP contribution in [0.1, 0.15) is 16.8 Å². The van der Waals surface area contributed by atoms with Crippen molar-refractivity contribution in [2.75, 3.05) is 22.5 Å². The highest BCUT2D eigenvalue weighted by molar-refractivity contribution is 8.00. The van der Waals surface area contributed by atoms with Gasteiger partial charge in [-0.15, -0.1) is 11.8 Å². The molecule has 1 heterocycles. The fourth-order valence-corrected chi connectivity index (χ4v) is 3.49. The molecule has 0 spiro atoms. The lowest BCUT2D eigenvalue weighted by Gasteiger charge is -2.28. The standard InChI is InChI=1S/C18H17N3O3S/c19-18(24)12-5-7-13(8-6-12)20-16(22)9-10-21-14-3-1-2-4-15(14)25-11-17(21)23/h1-8H,9-11H2,(H2,19,24)(H,20,22). The summed E-state index contributed by atoms with van der Waals surface area (Å²) in [6, 6.07) is 14.0.